The Bertz CT molecular complexity index is 238. The van der Waals surface area contributed by atoms with E-state index in [4.69, 9.17) is 10.8 Å². The molecule has 0 aliphatic carbocycles. The van der Waals surface area contributed by atoms with Crippen LogP contribution in [0.15, 0.2) is 0 Å². The van der Waals surface area contributed by atoms with E-state index in [1.165, 1.54) is 6.92 Å². The van der Waals surface area contributed by atoms with Gasteiger partial charge in [0, 0.05) is 6.42 Å². The van der Waals surface area contributed by atoms with Gasteiger partial charge in [-0.1, -0.05) is 0 Å². The van der Waals surface area contributed by atoms with Crippen molar-refractivity contribution < 1.29 is 24.2 Å². The van der Waals surface area contributed by atoms with Gasteiger partial charge in [-0.25, -0.2) is 4.79 Å². The SMILES string of the molecule is CC(OC(=O)CCC(=O)CN)C(=O)O. The number of carboxylic acids is 1. The lowest BCUT2D eigenvalue weighted by Gasteiger charge is -2.07. The molecule has 0 aromatic heterocycles. The molecule has 0 amide bonds. The molecular formula is C8H13NO5. The molecule has 6 nitrogen and oxygen atoms in total. The first-order chi connectivity index (χ1) is 6.47. The smallest absolute Gasteiger partial charge is 0.344 e. The van der Waals surface area contributed by atoms with E-state index in [1.54, 1.807) is 0 Å². The third-order valence-corrected chi connectivity index (χ3v) is 1.49. The number of rotatable bonds is 6. The molecule has 14 heavy (non-hydrogen) atoms. The van der Waals surface area contributed by atoms with Gasteiger partial charge in [-0.3, -0.25) is 9.59 Å². The van der Waals surface area contributed by atoms with E-state index in [9.17, 15) is 14.4 Å². The molecule has 6 heteroatoms. The Hall–Kier alpha value is -1.43. The molecule has 0 bridgehead atoms. The largest absolute Gasteiger partial charge is 0.479 e. The summed E-state index contributed by atoms with van der Waals surface area (Å²) in [6, 6.07) is 0. The summed E-state index contributed by atoms with van der Waals surface area (Å²) in [5.41, 5.74) is 5.01. The fourth-order valence-electron chi connectivity index (χ4n) is 0.650. The van der Waals surface area contributed by atoms with E-state index in [0.29, 0.717) is 0 Å². The normalized spacial score (nSPS) is 11.9. The third-order valence-electron chi connectivity index (χ3n) is 1.49. The quantitative estimate of drug-likeness (QED) is 0.553. The lowest BCUT2D eigenvalue weighted by atomic mass is 10.2. The number of ether oxygens (including phenoxy) is 1. The second-order valence-electron chi connectivity index (χ2n) is 2.71. The average Bonchev–Trinajstić information content (AvgIpc) is 2.13. The zero-order chi connectivity index (χ0) is 11.1. The van der Waals surface area contributed by atoms with Crippen molar-refractivity contribution in [2.24, 2.45) is 5.73 Å². The summed E-state index contributed by atoms with van der Waals surface area (Å²) in [6.45, 7) is 1.12. The van der Waals surface area contributed by atoms with Crippen LogP contribution in [0.4, 0.5) is 0 Å². The molecule has 0 aromatic rings. The van der Waals surface area contributed by atoms with Crippen molar-refractivity contribution in [2.45, 2.75) is 25.9 Å². The number of esters is 1. The Balaban J connectivity index is 3.76. The number of hydrogen-bond donors (Lipinski definition) is 2. The number of carboxylic acid groups (broad SMARTS) is 1. The predicted molar refractivity (Wildman–Crippen MR) is 46.5 cm³/mol. The highest BCUT2D eigenvalue weighted by Crippen LogP contribution is 1.98. The molecule has 0 saturated carbocycles. The minimum Gasteiger partial charge on any atom is -0.479 e. The average molecular weight is 203 g/mol. The van der Waals surface area contributed by atoms with Gasteiger partial charge in [-0.15, -0.1) is 0 Å². The number of Topliss-reactive ketones (excluding diaryl/α,β-unsaturated/α-hetero) is 1. The van der Waals surface area contributed by atoms with E-state index < -0.39 is 18.0 Å². The molecule has 0 radical (unpaired) electrons. The lowest BCUT2D eigenvalue weighted by molar-refractivity contribution is -0.162. The van der Waals surface area contributed by atoms with E-state index in [-0.39, 0.29) is 25.2 Å². The Morgan fingerprint density at radius 1 is 1.36 bits per heavy atom. The first-order valence-electron chi connectivity index (χ1n) is 4.11. The maximum atomic E-state index is 10.9. The number of carbonyl (C=O) groups excluding carboxylic acids is 2. The van der Waals surface area contributed by atoms with Gasteiger partial charge >= 0.3 is 11.9 Å². The molecule has 0 aliphatic rings. The van der Waals surface area contributed by atoms with Crippen molar-refractivity contribution >= 4 is 17.7 Å². The second kappa shape index (κ2) is 6.09. The minimum atomic E-state index is -1.22. The van der Waals surface area contributed by atoms with E-state index in [2.05, 4.69) is 4.74 Å². The van der Waals surface area contributed by atoms with Gasteiger partial charge in [0.05, 0.1) is 13.0 Å². The molecular weight excluding hydrogens is 190 g/mol. The lowest BCUT2D eigenvalue weighted by Crippen LogP contribution is -2.24. The van der Waals surface area contributed by atoms with Crippen molar-refractivity contribution in [1.82, 2.24) is 0 Å². The van der Waals surface area contributed by atoms with Crippen molar-refractivity contribution in [3.63, 3.8) is 0 Å². The fraction of sp³-hybridized carbons (Fsp3) is 0.625. The molecule has 1 unspecified atom stereocenters. The van der Waals surface area contributed by atoms with E-state index in [0.717, 1.165) is 0 Å². The van der Waals surface area contributed by atoms with Crippen molar-refractivity contribution in [3.05, 3.63) is 0 Å². The van der Waals surface area contributed by atoms with Crippen LogP contribution >= 0.6 is 0 Å². The van der Waals surface area contributed by atoms with Crippen molar-refractivity contribution in [3.8, 4) is 0 Å². The van der Waals surface area contributed by atoms with Crippen LogP contribution in [0.5, 0.6) is 0 Å². The first kappa shape index (κ1) is 12.6. The van der Waals surface area contributed by atoms with Gasteiger partial charge in [-0.05, 0) is 6.92 Å². The summed E-state index contributed by atoms with van der Waals surface area (Å²) < 4.78 is 4.48. The van der Waals surface area contributed by atoms with Gasteiger partial charge in [-0.2, -0.15) is 0 Å². The number of hydrogen-bond acceptors (Lipinski definition) is 5. The van der Waals surface area contributed by atoms with Gasteiger partial charge in [0.25, 0.3) is 0 Å². The van der Waals surface area contributed by atoms with Crippen LogP contribution in [0.2, 0.25) is 0 Å². The summed E-state index contributed by atoms with van der Waals surface area (Å²) in [7, 11) is 0. The zero-order valence-electron chi connectivity index (χ0n) is 7.86. The van der Waals surface area contributed by atoms with Gasteiger partial charge in [0.1, 0.15) is 5.78 Å². The summed E-state index contributed by atoms with van der Waals surface area (Å²) in [5, 5.41) is 8.39. The molecule has 0 fully saturated rings. The number of carbonyl (C=O) groups is 3. The summed E-state index contributed by atoms with van der Waals surface area (Å²) in [6.07, 6.45) is -1.33. The van der Waals surface area contributed by atoms with Crippen molar-refractivity contribution in [1.29, 1.82) is 0 Å². The maximum absolute atomic E-state index is 10.9. The summed E-state index contributed by atoms with van der Waals surface area (Å²) in [5.74, 6) is -2.19. The van der Waals surface area contributed by atoms with Crippen LogP contribution in [0.25, 0.3) is 0 Å². The van der Waals surface area contributed by atoms with Gasteiger partial charge in [0.2, 0.25) is 0 Å². The molecule has 0 aliphatic heterocycles. The highest BCUT2D eigenvalue weighted by Gasteiger charge is 2.16. The minimum absolute atomic E-state index is 0.0122. The third kappa shape index (κ3) is 5.26. The van der Waals surface area contributed by atoms with Crippen LogP contribution in [0.3, 0.4) is 0 Å². The van der Waals surface area contributed by atoms with Crippen LogP contribution in [-0.4, -0.2) is 35.5 Å². The van der Waals surface area contributed by atoms with Crippen LogP contribution in [-0.2, 0) is 19.1 Å². The predicted octanol–water partition coefficient (Wildman–Crippen LogP) is -0.689. The number of nitrogens with two attached hydrogens (primary N) is 1. The number of ketones is 1. The molecule has 0 rings (SSSR count). The highest BCUT2D eigenvalue weighted by atomic mass is 16.6. The van der Waals surface area contributed by atoms with E-state index in [1.807, 2.05) is 0 Å². The Kier molecular flexibility index (Phi) is 5.47. The molecule has 0 aromatic carbocycles. The second-order valence-corrected chi connectivity index (χ2v) is 2.71. The standard InChI is InChI=1S/C8H13NO5/c1-5(8(12)13)14-7(11)3-2-6(10)4-9/h5H,2-4,9H2,1H3,(H,12,13). The maximum Gasteiger partial charge on any atom is 0.344 e. The molecule has 1 atom stereocenters. The Morgan fingerprint density at radius 2 is 1.93 bits per heavy atom. The summed E-state index contributed by atoms with van der Waals surface area (Å²) in [4.78, 5) is 31.9. The molecule has 0 saturated heterocycles. The molecule has 0 spiro atoms. The van der Waals surface area contributed by atoms with Gasteiger partial charge < -0.3 is 15.6 Å². The molecule has 80 valence electrons. The van der Waals surface area contributed by atoms with Gasteiger partial charge in [0.15, 0.2) is 6.10 Å². The molecule has 3 N–H and O–H groups in total. The molecule has 0 heterocycles. The fourth-order valence-corrected chi connectivity index (χ4v) is 0.650. The van der Waals surface area contributed by atoms with Crippen LogP contribution < -0.4 is 5.73 Å². The monoisotopic (exact) mass is 203 g/mol. The van der Waals surface area contributed by atoms with Crippen LogP contribution in [0.1, 0.15) is 19.8 Å². The topological polar surface area (TPSA) is 107 Å². The van der Waals surface area contributed by atoms with E-state index >= 15 is 0 Å². The Labute approximate surface area is 81.0 Å². The Morgan fingerprint density at radius 3 is 2.36 bits per heavy atom. The zero-order valence-corrected chi connectivity index (χ0v) is 7.86. The van der Waals surface area contributed by atoms with Crippen LogP contribution in [0, 0.1) is 0 Å². The first-order valence-corrected chi connectivity index (χ1v) is 4.11. The van der Waals surface area contributed by atoms with Crippen molar-refractivity contribution in [2.75, 3.05) is 6.54 Å². The number of aliphatic carboxylic acids is 1. The summed E-state index contributed by atoms with van der Waals surface area (Å²) >= 11 is 0. The highest BCUT2D eigenvalue weighted by molar-refractivity contribution is 5.85.